The first-order valence-corrected chi connectivity index (χ1v) is 12.8. The summed E-state index contributed by atoms with van der Waals surface area (Å²) in [4.78, 5) is 21.2. The number of urea groups is 1. The van der Waals surface area contributed by atoms with Crippen molar-refractivity contribution in [3.05, 3.63) is 58.7 Å². The number of benzene rings is 1. The Morgan fingerprint density at radius 2 is 1.97 bits per heavy atom. The molecule has 0 spiro atoms. The number of pyridine rings is 1. The van der Waals surface area contributed by atoms with E-state index in [4.69, 9.17) is 4.74 Å². The highest BCUT2D eigenvalue weighted by Crippen LogP contribution is 2.16. The fraction of sp³-hybridized carbons (Fsp3) is 0.478. The lowest BCUT2D eigenvalue weighted by Crippen LogP contribution is -2.37. The van der Waals surface area contributed by atoms with Crippen LogP contribution in [-0.2, 0) is 11.3 Å². The lowest BCUT2D eigenvalue weighted by Gasteiger charge is -2.26. The molecule has 32 heavy (non-hydrogen) atoms. The normalized spacial score (nSPS) is 14.2. The van der Waals surface area contributed by atoms with Crippen LogP contribution in [0.25, 0.3) is 0 Å². The predicted octanol–water partition coefficient (Wildman–Crippen LogP) is 3.91. The summed E-state index contributed by atoms with van der Waals surface area (Å²) in [5.41, 5.74) is 1.22. The van der Waals surface area contributed by atoms with Crippen molar-refractivity contribution < 1.29 is 9.53 Å². The van der Waals surface area contributed by atoms with Crippen LogP contribution in [0.4, 0.5) is 10.6 Å². The van der Waals surface area contributed by atoms with E-state index in [2.05, 4.69) is 65.0 Å². The van der Waals surface area contributed by atoms with Crippen molar-refractivity contribution in [1.82, 2.24) is 19.9 Å². The number of nitrogens with zero attached hydrogens (tertiary/aromatic N) is 3. The monoisotopic (exact) mass is 521 g/mol. The first kappa shape index (κ1) is 24.8. The number of nitrogens with one attached hydrogen (secondary N) is 2. The van der Waals surface area contributed by atoms with Crippen LogP contribution in [0.15, 0.2) is 53.1 Å². The summed E-state index contributed by atoms with van der Waals surface area (Å²) in [5.74, 6) is 1.85. The summed E-state index contributed by atoms with van der Waals surface area (Å²) >= 11 is 4.96. The summed E-state index contributed by atoms with van der Waals surface area (Å²) in [6.45, 7) is 6.93. The minimum Gasteiger partial charge on any atom is -0.379 e. The quantitative estimate of drug-likeness (QED) is 0.326. The zero-order chi connectivity index (χ0) is 22.4. The van der Waals surface area contributed by atoms with Crippen molar-refractivity contribution in [2.24, 2.45) is 0 Å². The second-order valence-corrected chi connectivity index (χ2v) is 9.42. The number of aromatic nitrogens is 1. The molecule has 0 radical (unpaired) electrons. The molecule has 2 amide bonds. The fourth-order valence-electron chi connectivity index (χ4n) is 3.44. The van der Waals surface area contributed by atoms with Crippen LogP contribution >= 0.6 is 27.9 Å². The summed E-state index contributed by atoms with van der Waals surface area (Å²) in [6, 6.07) is 14.1. The average Bonchev–Trinajstić information content (AvgIpc) is 2.83. The highest BCUT2D eigenvalue weighted by atomic mass is 79.9. The SMILES string of the molecule is O=C(NCCCN(Cc1ccc(Br)cc1)c1ccccn1)NSCCCN1CCOCC1. The molecule has 0 atom stereocenters. The molecule has 7 nitrogen and oxygen atoms in total. The van der Waals surface area contributed by atoms with Crippen LogP contribution in [0.2, 0.25) is 0 Å². The maximum Gasteiger partial charge on any atom is 0.324 e. The third-order valence-electron chi connectivity index (χ3n) is 5.14. The number of halogens is 1. The zero-order valence-electron chi connectivity index (χ0n) is 18.3. The van der Waals surface area contributed by atoms with E-state index in [0.29, 0.717) is 6.54 Å². The molecule has 1 aliphatic heterocycles. The second kappa shape index (κ2) is 14.4. The Bertz CT molecular complexity index is 791. The van der Waals surface area contributed by atoms with Gasteiger partial charge in [-0.15, -0.1) is 0 Å². The Morgan fingerprint density at radius 3 is 2.72 bits per heavy atom. The van der Waals surface area contributed by atoms with Crippen molar-refractivity contribution in [1.29, 1.82) is 0 Å². The van der Waals surface area contributed by atoms with Gasteiger partial charge in [0.05, 0.1) is 13.2 Å². The Hall–Kier alpha value is -1.81. The van der Waals surface area contributed by atoms with Gasteiger partial charge in [-0.1, -0.05) is 34.1 Å². The van der Waals surface area contributed by atoms with Gasteiger partial charge in [0.25, 0.3) is 0 Å². The van der Waals surface area contributed by atoms with Crippen molar-refractivity contribution in [2.45, 2.75) is 19.4 Å². The Morgan fingerprint density at radius 1 is 1.16 bits per heavy atom. The van der Waals surface area contributed by atoms with Crippen molar-refractivity contribution >= 4 is 39.7 Å². The van der Waals surface area contributed by atoms with Crippen molar-refractivity contribution in [3.8, 4) is 0 Å². The van der Waals surface area contributed by atoms with E-state index in [9.17, 15) is 4.79 Å². The first-order chi connectivity index (χ1) is 15.7. The van der Waals surface area contributed by atoms with Gasteiger partial charge in [-0.05, 0) is 61.2 Å². The molecule has 174 valence electrons. The number of carbonyl (C=O) groups excluding carboxylic acids is 1. The lowest BCUT2D eigenvalue weighted by atomic mass is 10.2. The van der Waals surface area contributed by atoms with Crippen LogP contribution in [0, 0.1) is 0 Å². The van der Waals surface area contributed by atoms with Gasteiger partial charge in [0, 0.05) is 49.1 Å². The molecular formula is C23H32BrN5O2S. The van der Waals surface area contributed by atoms with Gasteiger partial charge in [0.1, 0.15) is 5.82 Å². The summed E-state index contributed by atoms with van der Waals surface area (Å²) in [6.07, 6.45) is 3.70. The van der Waals surface area contributed by atoms with Crippen molar-refractivity contribution in [3.63, 3.8) is 0 Å². The number of ether oxygens (including phenoxy) is 1. The number of anilines is 1. The summed E-state index contributed by atoms with van der Waals surface area (Å²) < 4.78 is 9.31. The molecule has 1 aromatic heterocycles. The molecule has 1 aromatic carbocycles. The number of amides is 2. The molecule has 0 bridgehead atoms. The highest BCUT2D eigenvalue weighted by molar-refractivity contribution is 9.10. The van der Waals surface area contributed by atoms with Gasteiger partial charge in [0.2, 0.25) is 0 Å². The first-order valence-electron chi connectivity index (χ1n) is 11.1. The fourth-order valence-corrected chi connectivity index (χ4v) is 4.28. The summed E-state index contributed by atoms with van der Waals surface area (Å²) in [5, 5.41) is 2.95. The molecule has 1 saturated heterocycles. The Kier molecular flexibility index (Phi) is 11.1. The molecule has 1 fully saturated rings. The molecule has 0 unspecified atom stereocenters. The van der Waals surface area contributed by atoms with Gasteiger partial charge in [-0.25, -0.2) is 9.78 Å². The van der Waals surface area contributed by atoms with E-state index < -0.39 is 0 Å². The number of carbonyl (C=O) groups is 1. The van der Waals surface area contributed by atoms with Gasteiger partial charge in [-0.2, -0.15) is 0 Å². The van der Waals surface area contributed by atoms with Crippen LogP contribution in [0.3, 0.4) is 0 Å². The Labute approximate surface area is 203 Å². The van der Waals surface area contributed by atoms with Crippen LogP contribution in [0.5, 0.6) is 0 Å². The molecule has 2 heterocycles. The van der Waals surface area contributed by atoms with E-state index >= 15 is 0 Å². The molecule has 0 aliphatic carbocycles. The molecule has 9 heteroatoms. The molecule has 3 rings (SSSR count). The van der Waals surface area contributed by atoms with Crippen LogP contribution in [0.1, 0.15) is 18.4 Å². The third kappa shape index (κ3) is 9.36. The molecule has 1 aliphatic rings. The molecule has 2 aromatic rings. The molecule has 0 saturated carbocycles. The highest BCUT2D eigenvalue weighted by Gasteiger charge is 2.10. The van der Waals surface area contributed by atoms with Gasteiger partial charge < -0.3 is 15.0 Å². The average molecular weight is 523 g/mol. The largest absolute Gasteiger partial charge is 0.379 e. The van der Waals surface area contributed by atoms with E-state index in [0.717, 1.165) is 74.8 Å². The molecule has 2 N–H and O–H groups in total. The van der Waals surface area contributed by atoms with Crippen molar-refractivity contribution in [2.75, 3.05) is 56.6 Å². The van der Waals surface area contributed by atoms with E-state index in [1.54, 1.807) is 0 Å². The number of rotatable bonds is 12. The smallest absolute Gasteiger partial charge is 0.324 e. The van der Waals surface area contributed by atoms with Gasteiger partial charge in [-0.3, -0.25) is 9.62 Å². The standard InChI is InChI=1S/C23H32BrN5O2S/c24-21-8-6-20(7-9-21)19-29(22-5-1-2-10-25-22)13-3-11-26-23(30)27-32-18-4-12-28-14-16-31-17-15-28/h1-2,5-10H,3-4,11-19H2,(H2,26,27,30). The Balaban J connectivity index is 1.32. The van der Waals surface area contributed by atoms with E-state index in [1.807, 2.05) is 24.4 Å². The second-order valence-electron chi connectivity index (χ2n) is 7.60. The van der Waals surface area contributed by atoms with E-state index in [1.165, 1.54) is 17.5 Å². The topological polar surface area (TPSA) is 69.7 Å². The maximum absolute atomic E-state index is 12.0. The number of morpholine rings is 1. The minimum atomic E-state index is -0.126. The van der Waals surface area contributed by atoms with Crippen LogP contribution in [-0.4, -0.2) is 67.6 Å². The number of hydrogen-bond donors (Lipinski definition) is 2. The molecular weight excluding hydrogens is 490 g/mol. The predicted molar refractivity (Wildman–Crippen MR) is 135 cm³/mol. The third-order valence-corrected chi connectivity index (χ3v) is 6.49. The zero-order valence-corrected chi connectivity index (χ0v) is 20.7. The van der Waals surface area contributed by atoms with Gasteiger partial charge in [0.15, 0.2) is 0 Å². The number of hydrogen-bond acceptors (Lipinski definition) is 6. The van der Waals surface area contributed by atoms with Gasteiger partial charge >= 0.3 is 6.03 Å². The minimum absolute atomic E-state index is 0.126. The van der Waals surface area contributed by atoms with Crippen LogP contribution < -0.4 is 14.9 Å². The lowest BCUT2D eigenvalue weighted by molar-refractivity contribution is 0.0381. The summed E-state index contributed by atoms with van der Waals surface area (Å²) in [7, 11) is 0. The van der Waals surface area contributed by atoms with E-state index in [-0.39, 0.29) is 6.03 Å². The maximum atomic E-state index is 12.0.